The van der Waals surface area contributed by atoms with Gasteiger partial charge in [-0.1, -0.05) is 23.7 Å². The van der Waals surface area contributed by atoms with Crippen LogP contribution in [0.25, 0.3) is 0 Å². The van der Waals surface area contributed by atoms with Gasteiger partial charge < -0.3 is 15.4 Å². The van der Waals surface area contributed by atoms with Crippen molar-refractivity contribution in [3.05, 3.63) is 65.3 Å². The predicted octanol–water partition coefficient (Wildman–Crippen LogP) is 2.62. The van der Waals surface area contributed by atoms with E-state index in [0.717, 1.165) is 0 Å². The zero-order chi connectivity index (χ0) is 22.2. The van der Waals surface area contributed by atoms with E-state index >= 15 is 0 Å². The Morgan fingerprint density at radius 2 is 1.74 bits per heavy atom. The van der Waals surface area contributed by atoms with Crippen molar-refractivity contribution in [1.29, 1.82) is 0 Å². The molecule has 0 aliphatic heterocycles. The SMILES string of the molecule is O=C(COc1ccc(Nc2ncc(Cl)c(Nc3ccccc3C(=O)NO)n2)cc1)NO. The van der Waals surface area contributed by atoms with E-state index in [1.54, 1.807) is 47.9 Å². The highest BCUT2D eigenvalue weighted by Gasteiger charge is 2.13. The Balaban J connectivity index is 1.73. The second kappa shape index (κ2) is 10.2. The highest BCUT2D eigenvalue weighted by molar-refractivity contribution is 6.33. The molecule has 160 valence electrons. The lowest BCUT2D eigenvalue weighted by atomic mass is 10.1. The van der Waals surface area contributed by atoms with E-state index in [9.17, 15) is 9.59 Å². The van der Waals surface area contributed by atoms with Gasteiger partial charge >= 0.3 is 0 Å². The molecule has 1 heterocycles. The van der Waals surface area contributed by atoms with Gasteiger partial charge in [-0.2, -0.15) is 4.98 Å². The summed E-state index contributed by atoms with van der Waals surface area (Å²) in [5.41, 5.74) is 4.27. The van der Waals surface area contributed by atoms with Crippen LogP contribution in [-0.2, 0) is 4.79 Å². The van der Waals surface area contributed by atoms with Gasteiger partial charge in [0.15, 0.2) is 12.4 Å². The van der Waals surface area contributed by atoms with E-state index < -0.39 is 11.8 Å². The summed E-state index contributed by atoms with van der Waals surface area (Å²) in [5, 5.41) is 23.5. The first-order valence-electron chi connectivity index (χ1n) is 8.76. The minimum Gasteiger partial charge on any atom is -0.484 e. The number of halogens is 1. The van der Waals surface area contributed by atoms with E-state index in [1.807, 2.05) is 0 Å². The number of hydrogen-bond donors (Lipinski definition) is 6. The number of carbonyl (C=O) groups excluding carboxylic acids is 2. The van der Waals surface area contributed by atoms with Crippen LogP contribution < -0.4 is 26.3 Å². The minimum atomic E-state index is -0.689. The van der Waals surface area contributed by atoms with Crippen molar-refractivity contribution in [3.63, 3.8) is 0 Å². The molecule has 1 aromatic heterocycles. The van der Waals surface area contributed by atoms with Crippen LogP contribution in [0.15, 0.2) is 54.7 Å². The highest BCUT2D eigenvalue weighted by Crippen LogP contribution is 2.27. The average Bonchev–Trinajstić information content (AvgIpc) is 2.80. The average molecular weight is 445 g/mol. The molecule has 2 aromatic carbocycles. The molecule has 12 heteroatoms. The molecule has 3 rings (SSSR count). The molecular formula is C19H17ClN6O5. The number of ether oxygens (including phenoxy) is 1. The maximum absolute atomic E-state index is 11.8. The van der Waals surface area contributed by atoms with E-state index in [-0.39, 0.29) is 29.0 Å². The number of aromatic nitrogens is 2. The summed E-state index contributed by atoms with van der Waals surface area (Å²) in [6.45, 7) is -0.325. The van der Waals surface area contributed by atoms with Crippen LogP contribution in [-0.4, -0.2) is 38.8 Å². The van der Waals surface area contributed by atoms with Crippen LogP contribution in [0.2, 0.25) is 5.02 Å². The van der Waals surface area contributed by atoms with Crippen LogP contribution in [0.5, 0.6) is 5.75 Å². The summed E-state index contributed by atoms with van der Waals surface area (Å²) >= 11 is 6.18. The fraction of sp³-hybridized carbons (Fsp3) is 0.0526. The molecule has 11 nitrogen and oxygen atoms in total. The van der Waals surface area contributed by atoms with Gasteiger partial charge in [-0.05, 0) is 36.4 Å². The number of para-hydroxylation sites is 1. The van der Waals surface area contributed by atoms with Crippen molar-refractivity contribution in [3.8, 4) is 5.75 Å². The zero-order valence-electron chi connectivity index (χ0n) is 15.8. The number of nitrogens with zero attached hydrogens (tertiary/aromatic N) is 2. The van der Waals surface area contributed by atoms with E-state index in [0.29, 0.717) is 17.1 Å². The van der Waals surface area contributed by atoms with Crippen molar-refractivity contribution >= 4 is 46.6 Å². The molecule has 2 amide bonds. The number of hydroxylamine groups is 2. The molecular weight excluding hydrogens is 428 g/mol. The van der Waals surface area contributed by atoms with E-state index in [2.05, 4.69) is 20.6 Å². The van der Waals surface area contributed by atoms with Gasteiger partial charge in [-0.25, -0.2) is 15.9 Å². The zero-order valence-corrected chi connectivity index (χ0v) is 16.6. The Morgan fingerprint density at radius 1 is 1.00 bits per heavy atom. The summed E-state index contributed by atoms with van der Waals surface area (Å²) < 4.78 is 5.20. The van der Waals surface area contributed by atoms with Crippen LogP contribution in [0, 0.1) is 0 Å². The third-order valence-corrected chi connectivity index (χ3v) is 4.15. The van der Waals surface area contributed by atoms with Crippen LogP contribution in [0.1, 0.15) is 10.4 Å². The molecule has 0 saturated carbocycles. The number of rotatable bonds is 8. The highest BCUT2D eigenvalue weighted by atomic mass is 35.5. The minimum absolute atomic E-state index is 0.194. The molecule has 31 heavy (non-hydrogen) atoms. The van der Waals surface area contributed by atoms with Gasteiger partial charge in [-0.15, -0.1) is 0 Å². The van der Waals surface area contributed by atoms with Gasteiger partial charge in [0.05, 0.1) is 17.4 Å². The molecule has 0 radical (unpaired) electrons. The molecule has 0 fully saturated rings. The number of hydrogen-bond acceptors (Lipinski definition) is 9. The second-order valence-electron chi connectivity index (χ2n) is 5.97. The topological polar surface area (TPSA) is 158 Å². The first-order chi connectivity index (χ1) is 15.0. The summed E-state index contributed by atoms with van der Waals surface area (Å²) in [5.74, 6) is -0.468. The predicted molar refractivity (Wildman–Crippen MR) is 111 cm³/mol. The molecule has 0 atom stereocenters. The van der Waals surface area contributed by atoms with Crippen LogP contribution >= 0.6 is 11.6 Å². The van der Waals surface area contributed by atoms with Crippen molar-refractivity contribution in [1.82, 2.24) is 20.9 Å². The number of anilines is 4. The standard InChI is InChI=1S/C19H17ClN6O5/c20-14-9-21-19(22-11-5-7-12(8-6-11)31-10-16(27)25-29)24-17(14)23-15-4-2-1-3-13(15)18(28)26-30/h1-9,29-30H,10H2,(H,25,27)(H,26,28)(H2,21,22,23,24). The van der Waals surface area contributed by atoms with Crippen LogP contribution in [0.4, 0.5) is 23.1 Å². The normalized spacial score (nSPS) is 10.2. The maximum Gasteiger partial charge on any atom is 0.281 e. The Labute approximate surface area is 181 Å². The van der Waals surface area contributed by atoms with Gasteiger partial charge in [0.25, 0.3) is 11.8 Å². The van der Waals surface area contributed by atoms with Crippen molar-refractivity contribution in [2.75, 3.05) is 17.2 Å². The third-order valence-electron chi connectivity index (χ3n) is 3.88. The largest absolute Gasteiger partial charge is 0.484 e. The van der Waals surface area contributed by atoms with Crippen LogP contribution in [0.3, 0.4) is 0 Å². The Kier molecular flexibility index (Phi) is 7.17. The molecule has 0 aliphatic rings. The number of carbonyl (C=O) groups is 2. The lowest BCUT2D eigenvalue weighted by Crippen LogP contribution is -2.25. The van der Waals surface area contributed by atoms with E-state index in [4.69, 9.17) is 26.8 Å². The first-order valence-corrected chi connectivity index (χ1v) is 9.14. The Morgan fingerprint density at radius 3 is 2.45 bits per heavy atom. The lowest BCUT2D eigenvalue weighted by molar-refractivity contribution is -0.131. The van der Waals surface area contributed by atoms with Gasteiger partial charge in [0.2, 0.25) is 5.95 Å². The molecule has 6 N–H and O–H groups in total. The monoisotopic (exact) mass is 444 g/mol. The van der Waals surface area contributed by atoms with Crippen molar-refractivity contribution in [2.45, 2.75) is 0 Å². The van der Waals surface area contributed by atoms with Gasteiger partial charge in [-0.3, -0.25) is 20.0 Å². The van der Waals surface area contributed by atoms with Crippen molar-refractivity contribution < 1.29 is 24.7 Å². The second-order valence-corrected chi connectivity index (χ2v) is 6.38. The third kappa shape index (κ3) is 5.79. The van der Waals surface area contributed by atoms with Gasteiger partial charge in [0, 0.05) is 5.69 Å². The smallest absolute Gasteiger partial charge is 0.281 e. The summed E-state index contributed by atoms with van der Waals surface area (Å²) in [6.07, 6.45) is 1.39. The quantitative estimate of drug-likeness (QED) is 0.227. The molecule has 0 unspecified atom stereocenters. The fourth-order valence-corrected chi connectivity index (χ4v) is 2.58. The molecule has 0 bridgehead atoms. The Hall–Kier alpha value is -3.93. The number of benzene rings is 2. The summed E-state index contributed by atoms with van der Waals surface area (Å²) in [6, 6.07) is 13.1. The molecule has 0 spiro atoms. The first kappa shape index (κ1) is 21.8. The molecule has 0 saturated heterocycles. The molecule has 3 aromatic rings. The fourth-order valence-electron chi connectivity index (χ4n) is 2.44. The summed E-state index contributed by atoms with van der Waals surface area (Å²) in [7, 11) is 0. The van der Waals surface area contributed by atoms with Crippen molar-refractivity contribution in [2.24, 2.45) is 0 Å². The molecule has 0 aliphatic carbocycles. The van der Waals surface area contributed by atoms with Gasteiger partial charge in [0.1, 0.15) is 10.8 Å². The lowest BCUT2D eigenvalue weighted by Gasteiger charge is -2.13. The maximum atomic E-state index is 11.8. The number of nitrogens with one attached hydrogen (secondary N) is 4. The summed E-state index contributed by atoms with van der Waals surface area (Å²) in [4.78, 5) is 31.2. The Bertz CT molecular complexity index is 1080. The number of amides is 2. The van der Waals surface area contributed by atoms with E-state index in [1.165, 1.54) is 17.7 Å².